The molecule has 5 rings (SSSR count). The Kier molecular flexibility index (Phi) is 4.11. The first kappa shape index (κ1) is 16.5. The van der Waals surface area contributed by atoms with Crippen LogP contribution in [-0.2, 0) is 12.0 Å². The smallest absolute Gasteiger partial charge is 0.240 e. The number of fused-ring (bicyclic) bond motifs is 2. The fourth-order valence-corrected chi connectivity index (χ4v) is 5.61. The predicted molar refractivity (Wildman–Crippen MR) is 101 cm³/mol. The Morgan fingerprint density at radius 1 is 1.12 bits per heavy atom. The van der Waals surface area contributed by atoms with Crippen molar-refractivity contribution in [1.29, 1.82) is 0 Å². The van der Waals surface area contributed by atoms with Crippen molar-refractivity contribution >= 4 is 0 Å². The lowest BCUT2D eigenvalue weighted by atomic mass is 9.78. The summed E-state index contributed by atoms with van der Waals surface area (Å²) >= 11 is 0. The van der Waals surface area contributed by atoms with E-state index in [1.807, 2.05) is 0 Å². The number of likely N-dealkylation sites (tertiary alicyclic amines) is 1. The number of aromatic nitrogens is 2. The zero-order chi connectivity index (χ0) is 17.6. The van der Waals surface area contributed by atoms with Gasteiger partial charge in [-0.25, -0.2) is 0 Å². The minimum absolute atomic E-state index is 0.0453. The fourth-order valence-electron chi connectivity index (χ4n) is 5.61. The SMILES string of the molecule is Cc1ccc(C2(c3noc(CN4C[C@H]5CCC[C@@H]4C5)n3)CCCC2)cc1. The van der Waals surface area contributed by atoms with Gasteiger partial charge in [0.05, 0.1) is 12.0 Å². The molecule has 1 aliphatic heterocycles. The molecule has 2 aromatic rings. The van der Waals surface area contributed by atoms with Crippen molar-refractivity contribution in [3.63, 3.8) is 0 Å². The molecule has 26 heavy (non-hydrogen) atoms. The third-order valence-electron chi connectivity index (χ3n) is 7.06. The molecule has 0 spiro atoms. The van der Waals surface area contributed by atoms with Gasteiger partial charge in [-0.3, -0.25) is 4.90 Å². The van der Waals surface area contributed by atoms with E-state index in [1.165, 1.54) is 56.2 Å². The van der Waals surface area contributed by atoms with Crippen molar-refractivity contribution < 1.29 is 4.52 Å². The second kappa shape index (κ2) is 6.49. The van der Waals surface area contributed by atoms with Crippen LogP contribution < -0.4 is 0 Å². The van der Waals surface area contributed by atoms with Gasteiger partial charge < -0.3 is 4.52 Å². The number of hydrogen-bond acceptors (Lipinski definition) is 4. The molecule has 2 saturated carbocycles. The van der Waals surface area contributed by atoms with Crippen molar-refractivity contribution in [2.45, 2.75) is 76.3 Å². The zero-order valence-electron chi connectivity index (χ0n) is 15.8. The summed E-state index contributed by atoms with van der Waals surface area (Å²) in [6.07, 6.45) is 10.2. The second-order valence-corrected chi connectivity index (χ2v) is 8.78. The van der Waals surface area contributed by atoms with Crippen molar-refractivity contribution in [1.82, 2.24) is 15.0 Å². The van der Waals surface area contributed by atoms with Crippen LogP contribution in [0.2, 0.25) is 0 Å². The maximum absolute atomic E-state index is 5.75. The van der Waals surface area contributed by atoms with E-state index in [0.29, 0.717) is 0 Å². The van der Waals surface area contributed by atoms with Crippen LogP contribution in [0.15, 0.2) is 28.8 Å². The topological polar surface area (TPSA) is 42.2 Å². The summed E-state index contributed by atoms with van der Waals surface area (Å²) in [5.74, 6) is 2.62. The lowest BCUT2D eigenvalue weighted by Gasteiger charge is -2.26. The first-order valence-electron chi connectivity index (χ1n) is 10.4. The second-order valence-electron chi connectivity index (χ2n) is 8.78. The van der Waals surface area contributed by atoms with Crippen LogP contribution in [0.5, 0.6) is 0 Å². The van der Waals surface area contributed by atoms with E-state index < -0.39 is 0 Å². The van der Waals surface area contributed by atoms with E-state index in [4.69, 9.17) is 9.51 Å². The summed E-state index contributed by atoms with van der Waals surface area (Å²) in [5, 5.41) is 4.48. The summed E-state index contributed by atoms with van der Waals surface area (Å²) in [6, 6.07) is 9.68. The minimum atomic E-state index is -0.0453. The number of benzene rings is 1. The highest BCUT2D eigenvalue weighted by Crippen LogP contribution is 2.45. The molecular weight excluding hydrogens is 322 g/mol. The van der Waals surface area contributed by atoms with E-state index in [0.717, 1.165) is 43.1 Å². The standard InChI is InChI=1S/C22H29N3O/c1-16-7-9-18(10-8-16)22(11-2-3-12-22)21-23-20(26-24-21)15-25-14-17-5-4-6-19(25)13-17/h7-10,17,19H,2-6,11-15H2,1H3/t17-,19+/m0/s1. The highest BCUT2D eigenvalue weighted by atomic mass is 16.5. The van der Waals surface area contributed by atoms with E-state index in [1.54, 1.807) is 0 Å². The highest BCUT2D eigenvalue weighted by molar-refractivity contribution is 5.35. The molecule has 2 aliphatic carbocycles. The summed E-state index contributed by atoms with van der Waals surface area (Å²) in [4.78, 5) is 7.51. The quantitative estimate of drug-likeness (QED) is 0.806. The summed E-state index contributed by atoms with van der Waals surface area (Å²) in [5.41, 5.74) is 2.61. The lowest BCUT2D eigenvalue weighted by molar-refractivity contribution is 0.205. The average molecular weight is 351 g/mol. The van der Waals surface area contributed by atoms with Crippen molar-refractivity contribution in [2.24, 2.45) is 5.92 Å². The van der Waals surface area contributed by atoms with Crippen LogP contribution in [0.3, 0.4) is 0 Å². The molecule has 0 unspecified atom stereocenters. The van der Waals surface area contributed by atoms with Crippen LogP contribution >= 0.6 is 0 Å². The van der Waals surface area contributed by atoms with Crippen LogP contribution in [-0.4, -0.2) is 27.6 Å². The maximum atomic E-state index is 5.75. The Hall–Kier alpha value is -1.68. The number of hydrogen-bond donors (Lipinski definition) is 0. The van der Waals surface area contributed by atoms with E-state index in [9.17, 15) is 0 Å². The lowest BCUT2D eigenvalue weighted by Crippen LogP contribution is -2.29. The monoisotopic (exact) mass is 351 g/mol. The van der Waals surface area contributed by atoms with Gasteiger partial charge in [0.25, 0.3) is 0 Å². The van der Waals surface area contributed by atoms with E-state index >= 15 is 0 Å². The largest absolute Gasteiger partial charge is 0.338 e. The van der Waals surface area contributed by atoms with Crippen molar-refractivity contribution in [3.05, 3.63) is 47.1 Å². The van der Waals surface area contributed by atoms with Crippen LogP contribution in [0.4, 0.5) is 0 Å². The Morgan fingerprint density at radius 3 is 2.69 bits per heavy atom. The molecule has 3 fully saturated rings. The summed E-state index contributed by atoms with van der Waals surface area (Å²) < 4.78 is 5.75. The van der Waals surface area contributed by atoms with Gasteiger partial charge in [-0.2, -0.15) is 4.98 Å². The van der Waals surface area contributed by atoms with Gasteiger partial charge in [0, 0.05) is 12.6 Å². The molecule has 1 saturated heterocycles. The molecule has 3 aliphatic rings. The van der Waals surface area contributed by atoms with Gasteiger partial charge in [-0.05, 0) is 50.5 Å². The normalized spacial score (nSPS) is 27.9. The molecule has 0 N–H and O–H groups in total. The fraction of sp³-hybridized carbons (Fsp3) is 0.636. The molecule has 2 bridgehead atoms. The third kappa shape index (κ3) is 2.79. The number of rotatable bonds is 4. The molecule has 1 aromatic heterocycles. The maximum Gasteiger partial charge on any atom is 0.240 e. The Morgan fingerprint density at radius 2 is 1.92 bits per heavy atom. The molecule has 2 heterocycles. The molecular formula is C22H29N3O. The van der Waals surface area contributed by atoms with Crippen LogP contribution in [0, 0.1) is 12.8 Å². The van der Waals surface area contributed by atoms with Crippen LogP contribution in [0.25, 0.3) is 0 Å². The molecule has 4 nitrogen and oxygen atoms in total. The van der Waals surface area contributed by atoms with Gasteiger partial charge in [-0.1, -0.05) is 54.2 Å². The van der Waals surface area contributed by atoms with Gasteiger partial charge in [0.1, 0.15) is 0 Å². The Bertz CT molecular complexity index is 760. The van der Waals surface area contributed by atoms with Crippen molar-refractivity contribution in [3.8, 4) is 0 Å². The first-order valence-corrected chi connectivity index (χ1v) is 10.4. The molecule has 1 aromatic carbocycles. The first-order chi connectivity index (χ1) is 12.7. The molecule has 0 amide bonds. The summed E-state index contributed by atoms with van der Waals surface area (Å²) in [7, 11) is 0. The third-order valence-corrected chi connectivity index (χ3v) is 7.06. The van der Waals surface area contributed by atoms with Crippen LogP contribution in [0.1, 0.15) is 74.2 Å². The number of aryl methyl sites for hydroxylation is 1. The zero-order valence-corrected chi connectivity index (χ0v) is 15.8. The molecule has 4 heteroatoms. The van der Waals surface area contributed by atoms with Gasteiger partial charge in [-0.15, -0.1) is 0 Å². The molecule has 138 valence electrons. The van der Waals surface area contributed by atoms with Gasteiger partial charge in [0.2, 0.25) is 5.89 Å². The van der Waals surface area contributed by atoms with E-state index in [2.05, 4.69) is 41.2 Å². The molecule has 0 radical (unpaired) electrons. The van der Waals surface area contributed by atoms with Gasteiger partial charge in [0.15, 0.2) is 5.82 Å². The Balaban J connectivity index is 1.40. The predicted octanol–water partition coefficient (Wildman–Crippen LogP) is 4.61. The molecule has 2 atom stereocenters. The highest BCUT2D eigenvalue weighted by Gasteiger charge is 2.42. The van der Waals surface area contributed by atoms with E-state index in [-0.39, 0.29) is 5.41 Å². The summed E-state index contributed by atoms with van der Waals surface area (Å²) in [6.45, 7) is 4.19. The minimum Gasteiger partial charge on any atom is -0.338 e. The number of nitrogens with zero attached hydrogens (tertiary/aromatic N) is 3. The average Bonchev–Trinajstić information content (AvgIpc) is 3.37. The Labute approximate surface area is 156 Å². The van der Waals surface area contributed by atoms with Gasteiger partial charge >= 0.3 is 0 Å². The van der Waals surface area contributed by atoms with Crippen molar-refractivity contribution in [2.75, 3.05) is 6.54 Å².